The van der Waals surface area contributed by atoms with Crippen LogP contribution in [-0.2, 0) is 21.8 Å². The number of aromatic nitrogens is 1. The number of methoxy groups -OCH3 is 2. The van der Waals surface area contributed by atoms with Crippen LogP contribution in [0.25, 0.3) is 0 Å². The molecule has 0 spiro atoms. The van der Waals surface area contributed by atoms with E-state index < -0.39 is 0 Å². The van der Waals surface area contributed by atoms with Gasteiger partial charge in [0.25, 0.3) is 0 Å². The van der Waals surface area contributed by atoms with Crippen molar-refractivity contribution < 1.29 is 9.47 Å². The summed E-state index contributed by atoms with van der Waals surface area (Å²) in [5, 5.41) is 3.25. The SMILES string of the molecule is COC1CN(CCCCc2nc(CCl)cs2)CC1OC. The Labute approximate surface area is 130 Å². The summed E-state index contributed by atoms with van der Waals surface area (Å²) in [7, 11) is 3.52. The first-order chi connectivity index (χ1) is 9.76. The first-order valence-electron chi connectivity index (χ1n) is 7.04. The highest BCUT2D eigenvalue weighted by atomic mass is 35.5. The van der Waals surface area contributed by atoms with E-state index in [1.54, 1.807) is 25.6 Å². The fourth-order valence-electron chi connectivity index (χ4n) is 2.59. The molecule has 0 N–H and O–H groups in total. The molecular formula is C14H23ClN2O2S. The van der Waals surface area contributed by atoms with Crippen LogP contribution in [0, 0.1) is 0 Å². The summed E-state index contributed by atoms with van der Waals surface area (Å²) >= 11 is 7.47. The maximum Gasteiger partial charge on any atom is 0.0971 e. The van der Waals surface area contributed by atoms with Crippen LogP contribution >= 0.6 is 22.9 Å². The molecule has 2 unspecified atom stereocenters. The van der Waals surface area contributed by atoms with Crippen LogP contribution in [0.3, 0.4) is 0 Å². The molecule has 1 fully saturated rings. The van der Waals surface area contributed by atoms with Gasteiger partial charge in [-0.1, -0.05) is 0 Å². The summed E-state index contributed by atoms with van der Waals surface area (Å²) in [6.45, 7) is 3.05. The Balaban J connectivity index is 1.64. The summed E-state index contributed by atoms with van der Waals surface area (Å²) in [6.07, 6.45) is 3.83. The van der Waals surface area contributed by atoms with Crippen molar-refractivity contribution in [3.05, 3.63) is 16.1 Å². The molecule has 0 radical (unpaired) electrons. The van der Waals surface area contributed by atoms with Crippen LogP contribution < -0.4 is 0 Å². The lowest BCUT2D eigenvalue weighted by molar-refractivity contribution is -0.00461. The van der Waals surface area contributed by atoms with Gasteiger partial charge in [0, 0.05) is 32.7 Å². The molecule has 0 aromatic carbocycles. The number of likely N-dealkylation sites (tertiary alicyclic amines) is 1. The second-order valence-corrected chi connectivity index (χ2v) is 6.34. The summed E-state index contributed by atoms with van der Waals surface area (Å²) in [4.78, 5) is 6.91. The van der Waals surface area contributed by atoms with Crippen molar-refractivity contribution in [2.45, 2.75) is 37.4 Å². The Hall–Kier alpha value is -0.200. The fraction of sp³-hybridized carbons (Fsp3) is 0.786. The molecule has 0 saturated carbocycles. The van der Waals surface area contributed by atoms with Gasteiger partial charge >= 0.3 is 0 Å². The maximum absolute atomic E-state index is 5.76. The first-order valence-corrected chi connectivity index (χ1v) is 8.45. The van der Waals surface area contributed by atoms with Crippen molar-refractivity contribution in [1.29, 1.82) is 0 Å². The van der Waals surface area contributed by atoms with Gasteiger partial charge < -0.3 is 9.47 Å². The average molecular weight is 319 g/mol. The molecule has 6 heteroatoms. The van der Waals surface area contributed by atoms with E-state index in [9.17, 15) is 0 Å². The molecule has 2 atom stereocenters. The number of ether oxygens (including phenoxy) is 2. The van der Waals surface area contributed by atoms with E-state index in [1.165, 1.54) is 17.8 Å². The molecule has 0 aliphatic carbocycles. The highest BCUT2D eigenvalue weighted by Gasteiger charge is 2.32. The molecule has 1 saturated heterocycles. The number of thiazole rings is 1. The van der Waals surface area contributed by atoms with Crippen molar-refractivity contribution in [2.75, 3.05) is 33.9 Å². The van der Waals surface area contributed by atoms with E-state index in [2.05, 4.69) is 15.3 Å². The predicted octanol–water partition coefficient (Wildman–Crippen LogP) is 2.55. The van der Waals surface area contributed by atoms with E-state index in [4.69, 9.17) is 21.1 Å². The second-order valence-electron chi connectivity index (χ2n) is 5.13. The molecule has 1 aliphatic heterocycles. The Morgan fingerprint density at radius 2 is 2.00 bits per heavy atom. The number of rotatable bonds is 8. The highest BCUT2D eigenvalue weighted by molar-refractivity contribution is 7.09. The van der Waals surface area contributed by atoms with Gasteiger partial charge in [0.1, 0.15) is 0 Å². The largest absolute Gasteiger partial charge is 0.377 e. The zero-order valence-corrected chi connectivity index (χ0v) is 13.8. The smallest absolute Gasteiger partial charge is 0.0971 e. The third-order valence-corrected chi connectivity index (χ3v) is 4.98. The number of hydrogen-bond acceptors (Lipinski definition) is 5. The normalized spacial score (nSPS) is 23.6. The third kappa shape index (κ3) is 4.40. The van der Waals surface area contributed by atoms with Gasteiger partial charge in [-0.2, -0.15) is 0 Å². The highest BCUT2D eigenvalue weighted by Crippen LogP contribution is 2.17. The number of nitrogens with zero attached hydrogens (tertiary/aromatic N) is 2. The lowest BCUT2D eigenvalue weighted by atomic mass is 10.2. The van der Waals surface area contributed by atoms with Gasteiger partial charge in [0.15, 0.2) is 0 Å². The Morgan fingerprint density at radius 1 is 1.30 bits per heavy atom. The van der Waals surface area contributed by atoms with Crippen molar-refractivity contribution in [3.63, 3.8) is 0 Å². The Morgan fingerprint density at radius 3 is 2.55 bits per heavy atom. The molecule has 0 bridgehead atoms. The third-order valence-electron chi connectivity index (χ3n) is 3.75. The molecule has 4 nitrogen and oxygen atoms in total. The van der Waals surface area contributed by atoms with Crippen molar-refractivity contribution >= 4 is 22.9 Å². The van der Waals surface area contributed by atoms with Gasteiger partial charge in [0.05, 0.1) is 28.8 Å². The lowest BCUT2D eigenvalue weighted by Gasteiger charge is -2.14. The van der Waals surface area contributed by atoms with Crippen LogP contribution in [0.15, 0.2) is 5.38 Å². The summed E-state index contributed by atoms with van der Waals surface area (Å²) in [6, 6.07) is 0. The van der Waals surface area contributed by atoms with Crippen LogP contribution in [0.2, 0.25) is 0 Å². The minimum Gasteiger partial charge on any atom is -0.377 e. The zero-order chi connectivity index (χ0) is 14.4. The van der Waals surface area contributed by atoms with Crippen LogP contribution in [0.5, 0.6) is 0 Å². The quantitative estimate of drug-likeness (QED) is 0.545. The summed E-state index contributed by atoms with van der Waals surface area (Å²) in [5.74, 6) is 0.515. The van der Waals surface area contributed by atoms with E-state index in [0.717, 1.165) is 31.7 Å². The summed E-state index contributed by atoms with van der Waals surface area (Å²) in [5.41, 5.74) is 0.997. The van der Waals surface area contributed by atoms with Crippen LogP contribution in [0.1, 0.15) is 23.5 Å². The van der Waals surface area contributed by atoms with E-state index >= 15 is 0 Å². The predicted molar refractivity (Wildman–Crippen MR) is 82.6 cm³/mol. The summed E-state index contributed by atoms with van der Waals surface area (Å²) < 4.78 is 10.9. The van der Waals surface area contributed by atoms with Gasteiger partial charge in [0.2, 0.25) is 0 Å². The molecule has 1 aromatic heterocycles. The minimum absolute atomic E-state index is 0.213. The topological polar surface area (TPSA) is 34.6 Å². The number of hydrogen-bond donors (Lipinski definition) is 0. The van der Waals surface area contributed by atoms with E-state index in [0.29, 0.717) is 5.88 Å². The molecule has 2 rings (SSSR count). The monoisotopic (exact) mass is 318 g/mol. The van der Waals surface area contributed by atoms with Gasteiger partial charge in [-0.25, -0.2) is 4.98 Å². The van der Waals surface area contributed by atoms with Gasteiger partial charge in [-0.15, -0.1) is 22.9 Å². The molecule has 0 amide bonds. The zero-order valence-electron chi connectivity index (χ0n) is 12.2. The van der Waals surface area contributed by atoms with Crippen molar-refractivity contribution in [2.24, 2.45) is 0 Å². The Kier molecular flexibility index (Phi) is 6.71. The van der Waals surface area contributed by atoms with E-state index in [1.807, 2.05) is 0 Å². The molecule has 1 aliphatic rings. The van der Waals surface area contributed by atoms with Crippen LogP contribution in [-0.4, -0.2) is 55.9 Å². The molecule has 20 heavy (non-hydrogen) atoms. The standard InChI is InChI=1S/C14H23ClN2O2S/c1-18-12-8-17(9-13(12)19-2)6-4-3-5-14-16-11(7-15)10-20-14/h10,12-13H,3-9H2,1-2H3. The average Bonchev–Trinajstić information content (AvgIpc) is 3.09. The Bertz CT molecular complexity index is 390. The molecule has 114 valence electrons. The number of halogens is 1. The van der Waals surface area contributed by atoms with Crippen molar-refractivity contribution in [3.8, 4) is 0 Å². The molecule has 2 heterocycles. The van der Waals surface area contributed by atoms with Gasteiger partial charge in [-0.05, 0) is 25.8 Å². The number of alkyl halides is 1. The fourth-order valence-corrected chi connectivity index (χ4v) is 3.66. The second kappa shape index (κ2) is 8.29. The van der Waals surface area contributed by atoms with Crippen molar-refractivity contribution in [1.82, 2.24) is 9.88 Å². The maximum atomic E-state index is 5.76. The first kappa shape index (κ1) is 16.2. The molecular weight excluding hydrogens is 296 g/mol. The molecule has 1 aromatic rings. The minimum atomic E-state index is 0.213. The van der Waals surface area contributed by atoms with E-state index in [-0.39, 0.29) is 12.2 Å². The lowest BCUT2D eigenvalue weighted by Crippen LogP contribution is -2.27. The number of aryl methyl sites for hydroxylation is 1. The van der Waals surface area contributed by atoms with Gasteiger partial charge in [-0.3, -0.25) is 4.90 Å². The number of unbranched alkanes of at least 4 members (excludes halogenated alkanes) is 1. The van der Waals surface area contributed by atoms with Crippen LogP contribution in [0.4, 0.5) is 0 Å².